The first-order valence-corrected chi connectivity index (χ1v) is 32.4. The first-order valence-electron chi connectivity index (χ1n) is 32.0. The van der Waals surface area contributed by atoms with Gasteiger partial charge in [0.2, 0.25) is 0 Å². The second-order valence-electron chi connectivity index (χ2n) is 26.6. The Balaban J connectivity index is 0.000000166. The lowest BCUT2D eigenvalue weighted by Crippen LogP contribution is -2.33. The van der Waals surface area contributed by atoms with Gasteiger partial charge in [-0.05, 0) is 184 Å². The summed E-state index contributed by atoms with van der Waals surface area (Å²) in [4.78, 5) is 96.0. The lowest BCUT2D eigenvalue weighted by atomic mass is 9.77. The zero-order valence-electron chi connectivity index (χ0n) is 53.9. The summed E-state index contributed by atoms with van der Waals surface area (Å²) in [6.07, 6.45) is -9.13. The fourth-order valence-electron chi connectivity index (χ4n) is 13.6. The highest BCUT2D eigenvalue weighted by molar-refractivity contribution is 6.25. The molecule has 97 heavy (non-hydrogen) atoms. The number of Topliss-reactive ketones (excluding diaryl/α,β-unsaturated/α-hetero) is 8. The predicted octanol–water partition coefficient (Wildman–Crippen LogP) is 18.6. The van der Waals surface area contributed by atoms with Gasteiger partial charge in [0.25, 0.3) is 0 Å². The van der Waals surface area contributed by atoms with E-state index < -0.39 is 64.9 Å². The Kier molecular flexibility index (Phi) is 23.9. The molecule has 0 N–H and O–H groups in total. The van der Waals surface area contributed by atoms with E-state index in [1.807, 2.05) is 6.07 Å². The molecule has 0 spiro atoms. The maximum atomic E-state index is 13.1. The summed E-state index contributed by atoms with van der Waals surface area (Å²) in [5, 5.41) is 0.0650. The van der Waals surface area contributed by atoms with Gasteiger partial charge >= 0.3 is 24.7 Å². The Morgan fingerprint density at radius 1 is 0.464 bits per heavy atom. The van der Waals surface area contributed by atoms with Crippen LogP contribution in [0.1, 0.15) is 188 Å². The molecule has 9 nitrogen and oxygen atoms in total. The summed E-state index contributed by atoms with van der Waals surface area (Å²) in [6, 6.07) is 24.2. The van der Waals surface area contributed by atoms with Crippen LogP contribution in [0, 0.1) is 51.4 Å². The van der Waals surface area contributed by atoms with E-state index in [2.05, 4.69) is 0 Å². The van der Waals surface area contributed by atoms with E-state index >= 15 is 0 Å². The van der Waals surface area contributed by atoms with Gasteiger partial charge in [0, 0.05) is 62.7 Å². The Labute approximate surface area is 558 Å². The number of carbonyl (C=O) groups excluding carboxylic acids is 8. The molecule has 0 aliphatic heterocycles. The summed E-state index contributed by atoms with van der Waals surface area (Å²) < 4.78 is 161. The normalized spacial score (nSPS) is 22.5. The van der Waals surface area contributed by atoms with Crippen molar-refractivity contribution in [1.29, 1.82) is 0 Å². The number of ether oxygens (including phenoxy) is 1. The minimum Gasteiger partial charge on any atom is -0.490 e. The van der Waals surface area contributed by atoms with E-state index in [1.54, 1.807) is 89.2 Å². The summed E-state index contributed by atoms with van der Waals surface area (Å²) in [5.74, 6) is -2.44. The molecule has 6 fully saturated rings. The van der Waals surface area contributed by atoms with E-state index in [1.165, 1.54) is 12.1 Å². The zero-order valence-corrected chi connectivity index (χ0v) is 54.6. The fourth-order valence-corrected chi connectivity index (χ4v) is 14.0. The van der Waals surface area contributed by atoms with Gasteiger partial charge in [-0.25, -0.2) is 0 Å². The molecule has 5 unspecified atom stereocenters. The predicted molar refractivity (Wildman–Crippen MR) is 338 cm³/mol. The van der Waals surface area contributed by atoms with Gasteiger partial charge in [0.05, 0.1) is 52.3 Å². The van der Waals surface area contributed by atoms with E-state index in [0.717, 1.165) is 80.1 Å². The molecule has 518 valence electrons. The lowest BCUT2D eigenvalue weighted by Gasteiger charge is -2.27. The SMILES string of the molecule is Cc1cc(C2CC(=O)C(=CC3CCCC(Cl)C3)C(=O)C2)cc(C(F)(F)F)c1.Cc1cc(C2CC(=O)C(=Cc3ccccc3)C(=O)C2)cc(C(F)(F)F)c1.Cc1cc(C2CC2C2CC(=O)CC(=O)C2)cc(C(F)(F)F)c1.Cc1cc(OC(C)C2CC(=O)CC(=O)C2)cc(C(F)(F)F)c1. The maximum Gasteiger partial charge on any atom is 0.416 e. The van der Waals surface area contributed by atoms with Crippen LogP contribution in [-0.2, 0) is 63.1 Å². The largest absolute Gasteiger partial charge is 0.490 e. The number of ketones is 8. The van der Waals surface area contributed by atoms with E-state index in [4.69, 9.17) is 16.3 Å². The molecule has 6 aliphatic carbocycles. The van der Waals surface area contributed by atoms with Crippen molar-refractivity contribution in [2.45, 2.75) is 185 Å². The summed E-state index contributed by atoms with van der Waals surface area (Å²) in [6.45, 7) is 8.05. The minimum absolute atomic E-state index is 0.00796. The van der Waals surface area contributed by atoms with Crippen molar-refractivity contribution in [1.82, 2.24) is 0 Å². The van der Waals surface area contributed by atoms with Gasteiger partial charge in [-0.2, -0.15) is 52.7 Å². The Morgan fingerprint density at radius 3 is 1.31 bits per heavy atom. The Morgan fingerprint density at radius 2 is 0.866 bits per heavy atom. The molecule has 22 heteroatoms. The molecule has 5 aromatic carbocycles. The molecule has 5 atom stereocenters. The average Bonchev–Trinajstić information content (AvgIpc) is 1.65. The molecule has 0 heterocycles. The second kappa shape index (κ2) is 30.9. The number of aryl methyl sites for hydroxylation is 4. The number of hydrogen-bond donors (Lipinski definition) is 0. The molecular formula is C75H73ClF12O9. The Bertz CT molecular complexity index is 3770. The maximum absolute atomic E-state index is 13.1. The summed E-state index contributed by atoms with van der Waals surface area (Å²) in [7, 11) is 0. The first-order chi connectivity index (χ1) is 45.2. The number of allylic oxidation sites excluding steroid dienone is 3. The molecular weight excluding hydrogens is 1310 g/mol. The monoisotopic (exact) mass is 1380 g/mol. The molecule has 6 aliphatic rings. The molecule has 0 radical (unpaired) electrons. The van der Waals surface area contributed by atoms with E-state index in [0.29, 0.717) is 51.8 Å². The minimum atomic E-state index is -4.46. The molecule has 0 aromatic heterocycles. The zero-order chi connectivity index (χ0) is 71.2. The second-order valence-corrected chi connectivity index (χ2v) is 27.2. The first kappa shape index (κ1) is 75.0. The number of benzene rings is 5. The van der Waals surface area contributed by atoms with Gasteiger partial charge in [-0.15, -0.1) is 11.6 Å². The van der Waals surface area contributed by atoms with Crippen molar-refractivity contribution < 1.29 is 95.8 Å². The number of halogens is 13. The van der Waals surface area contributed by atoms with Crippen molar-refractivity contribution in [3.8, 4) is 5.75 Å². The van der Waals surface area contributed by atoms with Gasteiger partial charge in [-0.3, -0.25) is 38.4 Å². The third-order valence-corrected chi connectivity index (χ3v) is 18.7. The van der Waals surface area contributed by atoms with Crippen LogP contribution in [0.25, 0.3) is 6.08 Å². The fraction of sp³-hybridized carbons (Fsp3) is 0.440. The molecule has 0 bridgehead atoms. The van der Waals surface area contributed by atoms with Crippen LogP contribution in [-0.4, -0.2) is 57.7 Å². The number of carbonyl (C=O) groups is 8. The van der Waals surface area contributed by atoms with Gasteiger partial charge in [0.15, 0.2) is 23.1 Å². The van der Waals surface area contributed by atoms with Crippen LogP contribution in [0.4, 0.5) is 52.7 Å². The quantitative estimate of drug-likeness (QED) is 0.0463. The average molecular weight is 1380 g/mol. The molecule has 0 amide bonds. The van der Waals surface area contributed by atoms with Crippen molar-refractivity contribution in [3.63, 3.8) is 0 Å². The van der Waals surface area contributed by atoms with Crippen molar-refractivity contribution in [2.24, 2.45) is 23.7 Å². The number of rotatable bonds is 9. The van der Waals surface area contributed by atoms with Crippen molar-refractivity contribution >= 4 is 63.9 Å². The van der Waals surface area contributed by atoms with Crippen LogP contribution in [0.15, 0.2) is 120 Å². The van der Waals surface area contributed by atoms with E-state index in [-0.39, 0.29) is 149 Å². The van der Waals surface area contributed by atoms with E-state index in [9.17, 15) is 91.0 Å². The van der Waals surface area contributed by atoms with Gasteiger partial charge in [0.1, 0.15) is 28.9 Å². The number of hydrogen-bond acceptors (Lipinski definition) is 9. The molecule has 6 saturated carbocycles. The van der Waals surface area contributed by atoms with Crippen molar-refractivity contribution in [3.05, 3.63) is 187 Å². The molecule has 5 aromatic rings. The van der Waals surface area contributed by atoms with Crippen LogP contribution in [0.5, 0.6) is 5.75 Å². The summed E-state index contributed by atoms with van der Waals surface area (Å²) in [5.41, 5.74) is 1.62. The molecule has 0 saturated heterocycles. The van der Waals surface area contributed by atoms with Crippen LogP contribution in [0.3, 0.4) is 0 Å². The smallest absolute Gasteiger partial charge is 0.416 e. The highest BCUT2D eigenvalue weighted by Gasteiger charge is 2.47. The summed E-state index contributed by atoms with van der Waals surface area (Å²) >= 11 is 6.18. The highest BCUT2D eigenvalue weighted by atomic mass is 35.5. The standard InChI is InChI=1S/C21H22ClF3O2.C21H17F3O2.C17H17F3O2.C16H17F3O3/c1-12-5-14(9-16(6-12)21(23,24)25)15-10-19(26)18(20(27)11-15)8-13-3-2-4-17(22)7-13;1-13-7-15(10-17(8-13)21(22,23)24)16-11-19(25)18(20(26)12-16)9-14-5-3-2-4-6-14;1-9-2-10(4-12(3-9)17(18,19)20)15-8-16(15)11-5-13(21)7-14(22)6-11;1-9-3-12(16(17,18)19)7-15(4-9)22-10(2)11-5-13(20)8-14(21)6-11/h5-6,8-9,13,15,17H,2-4,7,10-11H2,1H3;2-10,16H,11-12H2,1H3;2-4,11,15-16H,5-8H2,1H3;3-4,7,10-11H,5-6,8H2,1-2H3. The Hall–Kier alpha value is -7.81. The van der Waals surface area contributed by atoms with Gasteiger partial charge in [-0.1, -0.05) is 77.7 Å². The van der Waals surface area contributed by atoms with Crippen molar-refractivity contribution in [2.75, 3.05) is 0 Å². The van der Waals surface area contributed by atoms with Crippen LogP contribution < -0.4 is 4.74 Å². The van der Waals surface area contributed by atoms with Crippen LogP contribution >= 0.6 is 11.6 Å². The highest BCUT2D eigenvalue weighted by Crippen LogP contribution is 2.55. The third kappa shape index (κ3) is 21.1. The number of alkyl halides is 13. The topological polar surface area (TPSA) is 146 Å². The molecule has 11 rings (SSSR count). The lowest BCUT2D eigenvalue weighted by molar-refractivity contribution is -0.138. The third-order valence-electron chi connectivity index (χ3n) is 18.3. The van der Waals surface area contributed by atoms with Gasteiger partial charge < -0.3 is 4.74 Å². The van der Waals surface area contributed by atoms with Crippen LogP contribution in [0.2, 0.25) is 0 Å².